The van der Waals surface area contributed by atoms with Crippen LogP contribution >= 0.6 is 11.3 Å². The van der Waals surface area contributed by atoms with Gasteiger partial charge in [0.15, 0.2) is 0 Å². The maximum Gasteiger partial charge on any atom is 0.275 e. The third kappa shape index (κ3) is 4.85. The molecule has 0 unspecified atom stereocenters. The first kappa shape index (κ1) is 21.2. The summed E-state index contributed by atoms with van der Waals surface area (Å²) >= 11 is 1.47. The molecule has 0 radical (unpaired) electrons. The van der Waals surface area contributed by atoms with Gasteiger partial charge in [-0.3, -0.25) is 4.79 Å². The average molecular weight is 433 g/mol. The molecule has 0 aliphatic heterocycles. The first-order valence-corrected chi connectivity index (χ1v) is 11.5. The van der Waals surface area contributed by atoms with Crippen molar-refractivity contribution in [3.8, 4) is 0 Å². The predicted molar refractivity (Wildman–Crippen MR) is 128 cm³/mol. The lowest BCUT2D eigenvalue weighted by Crippen LogP contribution is -2.35. The molecule has 31 heavy (non-hydrogen) atoms. The van der Waals surface area contributed by atoms with Crippen LogP contribution in [-0.4, -0.2) is 27.7 Å². The number of fused-ring (bicyclic) bond motifs is 1. The molecule has 0 N–H and O–H groups in total. The van der Waals surface area contributed by atoms with Crippen molar-refractivity contribution in [3.05, 3.63) is 92.9 Å². The van der Waals surface area contributed by atoms with Crippen LogP contribution in [0.2, 0.25) is 0 Å². The van der Waals surface area contributed by atoms with Gasteiger partial charge in [0.05, 0.1) is 0 Å². The van der Waals surface area contributed by atoms with Crippen LogP contribution in [0, 0.1) is 13.8 Å². The van der Waals surface area contributed by atoms with Crippen LogP contribution in [0.15, 0.2) is 59.4 Å². The number of benzene rings is 2. The minimum atomic E-state index is -0.119. The largest absolute Gasteiger partial charge is 0.346 e. The predicted octanol–water partition coefficient (Wildman–Crippen LogP) is 4.62. The highest BCUT2D eigenvalue weighted by molar-refractivity contribution is 7.20. The van der Waals surface area contributed by atoms with Gasteiger partial charge >= 0.3 is 0 Å². The molecule has 2 heterocycles. The van der Waals surface area contributed by atoms with Gasteiger partial charge in [-0.1, -0.05) is 77.9 Å². The molecule has 0 aliphatic rings. The van der Waals surface area contributed by atoms with Crippen LogP contribution in [0.3, 0.4) is 0 Å². The van der Waals surface area contributed by atoms with Gasteiger partial charge in [0, 0.05) is 24.8 Å². The Bertz CT molecular complexity index is 1180. The Morgan fingerprint density at radius 3 is 2.03 bits per heavy atom. The molecule has 0 atom stereocenters. The molecular weight excluding hydrogens is 404 g/mol. The van der Waals surface area contributed by atoms with Crippen LogP contribution in [0.5, 0.6) is 0 Å². The van der Waals surface area contributed by atoms with Gasteiger partial charge in [0.1, 0.15) is 0 Å². The molecule has 4 aromatic rings. The molecule has 0 bridgehead atoms. The third-order valence-electron chi connectivity index (χ3n) is 5.68. The molecule has 2 aromatic carbocycles. The number of anilines is 1. The first-order valence-electron chi connectivity index (χ1n) is 10.7. The summed E-state index contributed by atoms with van der Waals surface area (Å²) in [5.74, 6) is 0. The van der Waals surface area contributed by atoms with E-state index in [4.69, 9.17) is 0 Å². The Kier molecular flexibility index (Phi) is 6.18. The van der Waals surface area contributed by atoms with Crippen molar-refractivity contribution in [1.82, 2.24) is 14.6 Å². The van der Waals surface area contributed by atoms with E-state index in [9.17, 15) is 4.79 Å². The monoisotopic (exact) mass is 432 g/mol. The van der Waals surface area contributed by atoms with Gasteiger partial charge in [-0.05, 0) is 44.2 Å². The third-order valence-corrected chi connectivity index (χ3v) is 6.68. The van der Waals surface area contributed by atoms with E-state index < -0.39 is 0 Å². The summed E-state index contributed by atoms with van der Waals surface area (Å²) in [5.41, 5.74) is 5.79. The van der Waals surface area contributed by atoms with Crippen molar-refractivity contribution < 1.29 is 0 Å². The highest BCUT2D eigenvalue weighted by Crippen LogP contribution is 2.25. The molecule has 160 valence electrons. The summed E-state index contributed by atoms with van der Waals surface area (Å²) in [4.78, 5) is 19.9. The highest BCUT2D eigenvalue weighted by Gasteiger charge is 2.21. The molecule has 2 aromatic heterocycles. The zero-order chi connectivity index (χ0) is 22.0. The van der Waals surface area contributed by atoms with Crippen molar-refractivity contribution in [3.63, 3.8) is 0 Å². The van der Waals surface area contributed by atoms with Crippen LogP contribution in [0.25, 0.3) is 4.96 Å². The molecular formula is C25H28N4OS. The second kappa shape index (κ2) is 9.02. The molecule has 5 nitrogen and oxygen atoms in total. The molecule has 0 saturated heterocycles. The highest BCUT2D eigenvalue weighted by atomic mass is 32.1. The quantitative estimate of drug-likeness (QED) is 0.428. The lowest BCUT2D eigenvalue weighted by atomic mass is 9.97. The number of aromatic nitrogens is 3. The normalized spacial score (nSPS) is 11.4. The number of aryl methyl sites for hydroxylation is 3. The van der Waals surface area contributed by atoms with Crippen LogP contribution in [-0.2, 0) is 19.3 Å². The molecule has 0 aliphatic carbocycles. The van der Waals surface area contributed by atoms with E-state index in [0.29, 0.717) is 4.96 Å². The van der Waals surface area contributed by atoms with Crippen molar-refractivity contribution in [1.29, 1.82) is 0 Å². The van der Waals surface area contributed by atoms with E-state index >= 15 is 0 Å². The summed E-state index contributed by atoms with van der Waals surface area (Å²) in [6, 6.07) is 19.2. The first-order chi connectivity index (χ1) is 14.9. The molecule has 0 amide bonds. The Balaban J connectivity index is 1.68. The van der Waals surface area contributed by atoms with Crippen molar-refractivity contribution in [2.75, 3.05) is 11.9 Å². The summed E-state index contributed by atoms with van der Waals surface area (Å²) in [6.45, 7) is 6.22. The maximum atomic E-state index is 12.5. The lowest BCUT2D eigenvalue weighted by Gasteiger charge is -2.28. The molecule has 0 saturated carbocycles. The number of nitrogens with zero attached hydrogens (tertiary/aromatic N) is 4. The van der Waals surface area contributed by atoms with Crippen molar-refractivity contribution in [2.45, 2.75) is 46.1 Å². The summed E-state index contributed by atoms with van der Waals surface area (Å²) < 4.78 is 1.42. The standard InChI is InChI=1S/C25H28N4OS/c1-5-21-16-23(30)29-24(26-21)31-25(27-29)28(4)22(14-19-10-6-17(2)7-11-19)15-20-12-8-18(3)9-13-20/h6-13,16,22H,5,14-15H2,1-4H3. The zero-order valence-electron chi connectivity index (χ0n) is 18.5. The van der Waals surface area contributed by atoms with Gasteiger partial charge in [0.25, 0.3) is 5.56 Å². The van der Waals surface area contributed by atoms with Crippen LogP contribution in [0.1, 0.15) is 34.9 Å². The average Bonchev–Trinajstić information content (AvgIpc) is 3.20. The van der Waals surface area contributed by atoms with E-state index in [-0.39, 0.29) is 11.6 Å². The summed E-state index contributed by atoms with van der Waals surface area (Å²) in [6.07, 6.45) is 2.52. The second-order valence-electron chi connectivity index (χ2n) is 8.16. The Morgan fingerprint density at radius 2 is 1.52 bits per heavy atom. The van der Waals surface area contributed by atoms with E-state index in [0.717, 1.165) is 30.1 Å². The smallest absolute Gasteiger partial charge is 0.275 e. The summed E-state index contributed by atoms with van der Waals surface area (Å²) in [7, 11) is 2.07. The Labute approximate surface area is 187 Å². The van der Waals surface area contributed by atoms with Gasteiger partial charge in [-0.25, -0.2) is 4.98 Å². The topological polar surface area (TPSA) is 50.5 Å². The Morgan fingerprint density at radius 1 is 0.968 bits per heavy atom. The Hall–Kier alpha value is -2.99. The number of hydrogen-bond donors (Lipinski definition) is 0. The van der Waals surface area contributed by atoms with E-state index in [1.54, 1.807) is 6.07 Å². The van der Waals surface area contributed by atoms with Crippen molar-refractivity contribution in [2.24, 2.45) is 0 Å². The SMILES string of the molecule is CCc1cc(=O)n2nc(N(C)C(Cc3ccc(C)cc3)Cc3ccc(C)cc3)sc2n1. The van der Waals surface area contributed by atoms with Gasteiger partial charge in [-0.15, -0.1) is 5.10 Å². The van der Waals surface area contributed by atoms with Crippen LogP contribution < -0.4 is 10.5 Å². The lowest BCUT2D eigenvalue weighted by molar-refractivity contribution is 0.616. The number of hydrogen-bond acceptors (Lipinski definition) is 5. The number of rotatable bonds is 7. The fourth-order valence-electron chi connectivity index (χ4n) is 3.66. The molecule has 4 rings (SSSR count). The van der Waals surface area contributed by atoms with Gasteiger partial charge in [-0.2, -0.15) is 4.52 Å². The zero-order valence-corrected chi connectivity index (χ0v) is 19.3. The second-order valence-corrected chi connectivity index (χ2v) is 9.10. The minimum absolute atomic E-state index is 0.119. The number of likely N-dealkylation sites (N-methyl/N-ethyl adjacent to an activating group) is 1. The molecule has 0 fully saturated rings. The minimum Gasteiger partial charge on any atom is -0.346 e. The van der Waals surface area contributed by atoms with Gasteiger partial charge in [0.2, 0.25) is 10.1 Å². The molecule has 0 spiro atoms. The fraction of sp³-hybridized carbons (Fsp3) is 0.320. The summed E-state index contributed by atoms with van der Waals surface area (Å²) in [5, 5.41) is 5.41. The van der Waals surface area contributed by atoms with Crippen molar-refractivity contribution >= 4 is 21.4 Å². The maximum absolute atomic E-state index is 12.5. The fourth-order valence-corrected chi connectivity index (χ4v) is 4.62. The van der Waals surface area contributed by atoms with Gasteiger partial charge < -0.3 is 4.90 Å². The van der Waals surface area contributed by atoms with E-state index in [1.165, 1.54) is 38.1 Å². The molecule has 6 heteroatoms. The van der Waals surface area contributed by atoms with E-state index in [1.807, 2.05) is 6.92 Å². The van der Waals surface area contributed by atoms with Crippen LogP contribution in [0.4, 0.5) is 5.13 Å². The van der Waals surface area contributed by atoms with E-state index in [2.05, 4.69) is 84.4 Å².